The lowest BCUT2D eigenvalue weighted by Gasteiger charge is -2.27. The van der Waals surface area contributed by atoms with Crippen molar-refractivity contribution in [3.63, 3.8) is 0 Å². The van der Waals surface area contributed by atoms with Gasteiger partial charge in [-0.3, -0.25) is 19.2 Å². The summed E-state index contributed by atoms with van der Waals surface area (Å²) in [5.41, 5.74) is 5.80. The third kappa shape index (κ3) is 12.2. The van der Waals surface area contributed by atoms with E-state index in [0.29, 0.717) is 24.3 Å². The van der Waals surface area contributed by atoms with Gasteiger partial charge in [-0.05, 0) is 42.8 Å². The number of carbonyl (C=O) groups is 5. The number of hydrogen-bond acceptors (Lipinski definition) is 8. The number of hydrogen-bond donors (Lipinski definition) is 6. The van der Waals surface area contributed by atoms with Crippen LogP contribution >= 0.6 is 23.5 Å². The molecule has 3 amide bonds. The van der Waals surface area contributed by atoms with Crippen LogP contribution in [0.25, 0.3) is 0 Å². The minimum atomic E-state index is -1.44. The van der Waals surface area contributed by atoms with Gasteiger partial charge < -0.3 is 31.9 Å². The SMILES string of the molecule is CCC(C)C(NC(=O)C(CC(=O)O)NC(=O)C(N)CCSC)C(=O)NC(CCSC)C(=O)O. The maximum absolute atomic E-state index is 12.8. The summed E-state index contributed by atoms with van der Waals surface area (Å²) < 4.78 is 0. The van der Waals surface area contributed by atoms with Crippen molar-refractivity contribution in [2.45, 2.75) is 63.7 Å². The van der Waals surface area contributed by atoms with Crippen LogP contribution in [0.15, 0.2) is 0 Å². The van der Waals surface area contributed by atoms with Crippen molar-refractivity contribution in [1.82, 2.24) is 16.0 Å². The highest BCUT2D eigenvalue weighted by Crippen LogP contribution is 2.11. The molecule has 0 bridgehead atoms. The first-order chi connectivity index (χ1) is 15.5. The molecule has 7 N–H and O–H groups in total. The molecule has 0 aromatic carbocycles. The van der Waals surface area contributed by atoms with E-state index in [1.807, 2.05) is 12.5 Å². The first-order valence-electron chi connectivity index (χ1n) is 10.6. The molecule has 0 aliphatic rings. The maximum atomic E-state index is 12.8. The number of rotatable bonds is 17. The highest BCUT2D eigenvalue weighted by Gasteiger charge is 2.33. The van der Waals surface area contributed by atoms with Crippen LogP contribution in [-0.2, 0) is 24.0 Å². The second kappa shape index (κ2) is 16.6. The molecule has 11 nitrogen and oxygen atoms in total. The molecule has 0 spiro atoms. The van der Waals surface area contributed by atoms with Gasteiger partial charge in [0.05, 0.1) is 12.5 Å². The Labute approximate surface area is 202 Å². The van der Waals surface area contributed by atoms with Crippen molar-refractivity contribution in [3.05, 3.63) is 0 Å². The van der Waals surface area contributed by atoms with Gasteiger partial charge in [-0.1, -0.05) is 20.3 Å². The van der Waals surface area contributed by atoms with Crippen molar-refractivity contribution in [1.29, 1.82) is 0 Å². The van der Waals surface area contributed by atoms with Crippen molar-refractivity contribution >= 4 is 53.2 Å². The lowest BCUT2D eigenvalue weighted by atomic mass is 9.97. The Bertz CT molecular complexity index is 681. The molecule has 0 aromatic rings. The van der Waals surface area contributed by atoms with Crippen molar-refractivity contribution in [2.24, 2.45) is 11.7 Å². The summed E-state index contributed by atoms with van der Waals surface area (Å²) >= 11 is 2.93. The van der Waals surface area contributed by atoms with Crippen LogP contribution in [0.3, 0.4) is 0 Å². The number of amides is 3. The number of nitrogens with one attached hydrogen (secondary N) is 3. The number of carboxylic acids is 2. The van der Waals surface area contributed by atoms with E-state index in [1.54, 1.807) is 13.8 Å². The number of carboxylic acid groups (broad SMARTS) is 2. The highest BCUT2D eigenvalue weighted by atomic mass is 32.2. The normalized spacial score (nSPS) is 15.4. The minimum absolute atomic E-state index is 0.203. The Hall–Kier alpha value is -1.99. The number of nitrogens with two attached hydrogens (primary N) is 1. The van der Waals surface area contributed by atoms with Gasteiger partial charge in [0.2, 0.25) is 17.7 Å². The van der Waals surface area contributed by atoms with Crippen LogP contribution in [0.2, 0.25) is 0 Å². The predicted molar refractivity (Wildman–Crippen MR) is 129 cm³/mol. The van der Waals surface area contributed by atoms with Crippen LogP contribution in [-0.4, -0.2) is 88.1 Å². The Morgan fingerprint density at radius 1 is 0.848 bits per heavy atom. The van der Waals surface area contributed by atoms with E-state index in [-0.39, 0.29) is 12.3 Å². The molecule has 0 aliphatic heterocycles. The third-order valence-electron chi connectivity index (χ3n) is 5.00. The van der Waals surface area contributed by atoms with Gasteiger partial charge in [0.15, 0.2) is 0 Å². The zero-order chi connectivity index (χ0) is 25.6. The van der Waals surface area contributed by atoms with Gasteiger partial charge in [-0.25, -0.2) is 4.79 Å². The molecule has 5 atom stereocenters. The molecular formula is C20H36N4O7S2. The van der Waals surface area contributed by atoms with E-state index in [4.69, 9.17) is 5.73 Å². The van der Waals surface area contributed by atoms with Crippen molar-refractivity contribution < 1.29 is 34.2 Å². The highest BCUT2D eigenvalue weighted by molar-refractivity contribution is 7.98. The standard InChI is InChI=1S/C20H36N4O7S2/c1-5-11(2)16(19(29)22-13(20(30)31)7-9-33-4)24-18(28)14(10-15(25)26)23-17(27)12(21)6-8-32-3/h11-14,16H,5-10,21H2,1-4H3,(H,22,29)(H,23,27)(H,24,28)(H,25,26)(H,30,31). The average Bonchev–Trinajstić information content (AvgIpc) is 2.76. The van der Waals surface area contributed by atoms with Gasteiger partial charge >= 0.3 is 11.9 Å². The zero-order valence-corrected chi connectivity index (χ0v) is 21.1. The third-order valence-corrected chi connectivity index (χ3v) is 6.29. The smallest absolute Gasteiger partial charge is 0.326 e. The molecule has 0 rings (SSSR count). The molecule has 0 heterocycles. The summed E-state index contributed by atoms with van der Waals surface area (Å²) in [5, 5.41) is 25.8. The number of aliphatic carboxylic acids is 2. The van der Waals surface area contributed by atoms with Gasteiger partial charge in [0, 0.05) is 0 Å². The van der Waals surface area contributed by atoms with E-state index < -0.39 is 60.2 Å². The summed E-state index contributed by atoms with van der Waals surface area (Å²) in [7, 11) is 0. The molecule has 13 heteroatoms. The van der Waals surface area contributed by atoms with Crippen LogP contribution in [0.1, 0.15) is 39.5 Å². The van der Waals surface area contributed by atoms with Gasteiger partial charge in [-0.15, -0.1) is 0 Å². The Morgan fingerprint density at radius 3 is 1.88 bits per heavy atom. The predicted octanol–water partition coefficient (Wildman–Crippen LogP) is -0.120. The Morgan fingerprint density at radius 2 is 1.39 bits per heavy atom. The lowest BCUT2D eigenvalue weighted by molar-refractivity contribution is -0.143. The molecule has 0 aliphatic carbocycles. The maximum Gasteiger partial charge on any atom is 0.326 e. The van der Waals surface area contributed by atoms with E-state index in [0.717, 1.165) is 0 Å². The molecule has 190 valence electrons. The van der Waals surface area contributed by atoms with E-state index in [1.165, 1.54) is 23.5 Å². The molecule has 5 unspecified atom stereocenters. The van der Waals surface area contributed by atoms with E-state index >= 15 is 0 Å². The fourth-order valence-electron chi connectivity index (χ4n) is 2.75. The van der Waals surface area contributed by atoms with Crippen LogP contribution in [0.4, 0.5) is 0 Å². The van der Waals surface area contributed by atoms with Gasteiger partial charge in [0.1, 0.15) is 18.1 Å². The van der Waals surface area contributed by atoms with E-state index in [2.05, 4.69) is 16.0 Å². The summed E-state index contributed by atoms with van der Waals surface area (Å²) in [5.74, 6) is -3.99. The second-order valence-corrected chi connectivity index (χ2v) is 9.57. The first kappa shape index (κ1) is 31.0. The minimum Gasteiger partial charge on any atom is -0.481 e. The average molecular weight is 509 g/mol. The van der Waals surface area contributed by atoms with Crippen LogP contribution in [0, 0.1) is 5.92 Å². The fraction of sp³-hybridized carbons (Fsp3) is 0.750. The monoisotopic (exact) mass is 508 g/mol. The summed E-state index contributed by atoms with van der Waals surface area (Å²) in [6, 6.07) is -4.60. The summed E-state index contributed by atoms with van der Waals surface area (Å²) in [6.07, 6.45) is 3.99. The second-order valence-electron chi connectivity index (χ2n) is 7.60. The molecule has 0 saturated heterocycles. The summed E-state index contributed by atoms with van der Waals surface area (Å²) in [6.45, 7) is 3.49. The largest absolute Gasteiger partial charge is 0.481 e. The molecule has 33 heavy (non-hydrogen) atoms. The molecule has 0 aromatic heterocycles. The summed E-state index contributed by atoms with van der Waals surface area (Å²) in [4.78, 5) is 60.7. The Balaban J connectivity index is 5.49. The van der Waals surface area contributed by atoms with Crippen LogP contribution in [0.5, 0.6) is 0 Å². The molecule has 0 fully saturated rings. The topological polar surface area (TPSA) is 188 Å². The van der Waals surface area contributed by atoms with Crippen molar-refractivity contribution in [2.75, 3.05) is 24.0 Å². The first-order valence-corrected chi connectivity index (χ1v) is 13.4. The fourth-order valence-corrected chi connectivity index (χ4v) is 3.71. The van der Waals surface area contributed by atoms with Crippen molar-refractivity contribution in [3.8, 4) is 0 Å². The zero-order valence-electron chi connectivity index (χ0n) is 19.5. The van der Waals surface area contributed by atoms with E-state index in [9.17, 15) is 34.2 Å². The quantitative estimate of drug-likeness (QED) is 0.154. The Kier molecular flexibility index (Phi) is 15.6. The number of thioether (sulfide) groups is 2. The number of carbonyl (C=O) groups excluding carboxylic acids is 3. The molecular weight excluding hydrogens is 472 g/mol. The lowest BCUT2D eigenvalue weighted by Crippen LogP contribution is -2.59. The molecule has 0 saturated carbocycles. The molecule has 0 radical (unpaired) electrons. The van der Waals surface area contributed by atoms with Gasteiger partial charge in [0.25, 0.3) is 0 Å². The van der Waals surface area contributed by atoms with Gasteiger partial charge in [-0.2, -0.15) is 23.5 Å². The van der Waals surface area contributed by atoms with Crippen LogP contribution < -0.4 is 21.7 Å².